The van der Waals surface area contributed by atoms with Crippen molar-refractivity contribution in [1.29, 1.82) is 0 Å². The van der Waals surface area contributed by atoms with E-state index in [-0.39, 0.29) is 0 Å². The zero-order chi connectivity index (χ0) is 11.4. The Morgan fingerprint density at radius 3 is 1.86 bits per heavy atom. The van der Waals surface area contributed by atoms with Gasteiger partial charge in [-0.05, 0) is 0 Å². The van der Waals surface area contributed by atoms with Crippen LogP contribution in [0.4, 0.5) is 0 Å². The number of methoxy groups -OCH3 is 2. The number of esters is 2. The van der Waals surface area contributed by atoms with Crippen LogP contribution in [0.25, 0.3) is 0 Å². The number of carbonyl (C=O) groups excluding carboxylic acids is 2. The van der Waals surface area contributed by atoms with Crippen LogP contribution in [0.1, 0.15) is 0 Å². The Bertz CT molecular complexity index is 262. The molecule has 0 N–H and O–H groups in total. The molecule has 0 rings (SSSR count). The molecule has 0 atom stereocenters. The van der Waals surface area contributed by atoms with Crippen LogP contribution in [0, 0.1) is 0 Å². The summed E-state index contributed by atoms with van der Waals surface area (Å²) < 4.78 is 9.61. The molecule has 0 fully saturated rings. The molecule has 0 heterocycles. The van der Waals surface area contributed by atoms with Gasteiger partial charge < -0.3 is 0 Å². The van der Waals surface area contributed by atoms with E-state index in [1.54, 1.807) is 0 Å². The summed E-state index contributed by atoms with van der Waals surface area (Å²) in [6.07, 6.45) is 1.25. The van der Waals surface area contributed by atoms with Gasteiger partial charge in [-0.2, -0.15) is 0 Å². The molecular weight excluding hydrogens is 291 g/mol. The Kier molecular flexibility index (Phi) is 5.18. The standard InChI is InChI=1S/C6H7O4.3CH3.Sn/c1-9-5(7)3-4-6(8)10-2;;;;/h3H,1-2H3;3*1H3;. The normalized spacial score (nSPS) is 12.2. The Balaban J connectivity index is 5.02. The molecule has 0 radical (unpaired) electrons. The summed E-state index contributed by atoms with van der Waals surface area (Å²) in [5.74, 6) is -0.921. The van der Waals surface area contributed by atoms with Crippen molar-refractivity contribution >= 4 is 30.3 Å². The number of rotatable bonds is 3. The van der Waals surface area contributed by atoms with E-state index in [9.17, 15) is 9.59 Å². The van der Waals surface area contributed by atoms with Crippen LogP contribution in [0.15, 0.2) is 9.67 Å². The first kappa shape index (κ1) is 13.5. The second-order valence-electron chi connectivity index (χ2n) is 3.82. The van der Waals surface area contributed by atoms with Gasteiger partial charge in [-0.3, -0.25) is 0 Å². The molecule has 0 saturated heterocycles. The summed E-state index contributed by atoms with van der Waals surface area (Å²) in [6.45, 7) is 0. The average Bonchev–Trinajstić information content (AvgIpc) is 2.10. The van der Waals surface area contributed by atoms with Gasteiger partial charge in [0.05, 0.1) is 0 Å². The number of carbonyl (C=O) groups is 2. The van der Waals surface area contributed by atoms with Gasteiger partial charge in [0, 0.05) is 0 Å². The molecule has 0 aromatic carbocycles. The fourth-order valence-electron chi connectivity index (χ4n) is 0.868. The van der Waals surface area contributed by atoms with Gasteiger partial charge in [-0.1, -0.05) is 0 Å². The molecule has 0 bridgehead atoms. The van der Waals surface area contributed by atoms with Gasteiger partial charge in [0.2, 0.25) is 0 Å². The quantitative estimate of drug-likeness (QED) is 0.446. The van der Waals surface area contributed by atoms with Crippen molar-refractivity contribution < 1.29 is 19.1 Å². The summed E-state index contributed by atoms with van der Waals surface area (Å²) >= 11 is -2.59. The van der Waals surface area contributed by atoms with Crippen LogP contribution < -0.4 is 0 Å². The SMILES string of the molecule is COC(=O)/C=[C](/C(=O)OC)[Sn]([CH3])([CH3])[CH3]. The maximum atomic E-state index is 11.4. The molecule has 0 spiro atoms. The van der Waals surface area contributed by atoms with E-state index < -0.39 is 30.3 Å². The fraction of sp³-hybridized carbons (Fsp3) is 0.556. The zero-order valence-corrected chi connectivity index (χ0v) is 12.1. The predicted molar refractivity (Wildman–Crippen MR) is 55.5 cm³/mol. The Labute approximate surface area is 88.1 Å². The molecular formula is C9H16O4Sn. The first-order chi connectivity index (χ1) is 6.32. The van der Waals surface area contributed by atoms with E-state index >= 15 is 0 Å². The van der Waals surface area contributed by atoms with Gasteiger partial charge in [-0.15, -0.1) is 0 Å². The maximum absolute atomic E-state index is 11.4. The molecule has 0 saturated carbocycles. The van der Waals surface area contributed by atoms with Gasteiger partial charge in [-0.25, -0.2) is 0 Å². The van der Waals surface area contributed by atoms with Crippen LogP contribution in [0.3, 0.4) is 0 Å². The Morgan fingerprint density at radius 1 is 1.07 bits per heavy atom. The van der Waals surface area contributed by atoms with Crippen molar-refractivity contribution in [3.8, 4) is 0 Å². The number of hydrogen-bond acceptors (Lipinski definition) is 4. The average molecular weight is 307 g/mol. The molecule has 0 aromatic rings. The summed E-state index contributed by atoms with van der Waals surface area (Å²) in [7, 11) is 2.59. The van der Waals surface area contributed by atoms with Crippen LogP contribution in [0.5, 0.6) is 0 Å². The van der Waals surface area contributed by atoms with Crippen molar-refractivity contribution in [2.75, 3.05) is 14.2 Å². The summed E-state index contributed by atoms with van der Waals surface area (Å²) in [5.41, 5.74) is 0. The Hall–Kier alpha value is -0.521. The fourth-order valence-corrected chi connectivity index (χ4v) is 4.48. The minimum atomic E-state index is -2.59. The first-order valence-corrected chi connectivity index (χ1v) is 14.2. The third-order valence-corrected chi connectivity index (χ3v) is 7.28. The minimum absolute atomic E-state index is 0.418. The monoisotopic (exact) mass is 308 g/mol. The second-order valence-corrected chi connectivity index (χ2v) is 18.2. The van der Waals surface area contributed by atoms with E-state index in [0.717, 1.165) is 0 Å². The van der Waals surface area contributed by atoms with Gasteiger partial charge in [0.25, 0.3) is 0 Å². The molecule has 0 amide bonds. The number of hydrogen-bond donors (Lipinski definition) is 0. The van der Waals surface area contributed by atoms with Gasteiger partial charge >= 0.3 is 88.1 Å². The molecule has 14 heavy (non-hydrogen) atoms. The Morgan fingerprint density at radius 2 is 1.57 bits per heavy atom. The van der Waals surface area contributed by atoms with Gasteiger partial charge in [0.15, 0.2) is 0 Å². The van der Waals surface area contributed by atoms with Gasteiger partial charge in [0.1, 0.15) is 0 Å². The van der Waals surface area contributed by atoms with E-state index in [1.165, 1.54) is 20.3 Å². The van der Waals surface area contributed by atoms with Crippen LogP contribution in [0.2, 0.25) is 14.8 Å². The van der Waals surface area contributed by atoms with E-state index in [2.05, 4.69) is 9.47 Å². The van der Waals surface area contributed by atoms with E-state index in [1.807, 2.05) is 14.8 Å². The molecule has 0 unspecified atom stereocenters. The van der Waals surface area contributed by atoms with E-state index in [4.69, 9.17) is 0 Å². The van der Waals surface area contributed by atoms with Crippen LogP contribution in [-0.4, -0.2) is 44.5 Å². The topological polar surface area (TPSA) is 52.6 Å². The molecule has 0 aliphatic carbocycles. The summed E-state index contributed by atoms with van der Waals surface area (Å²) in [6, 6.07) is 0. The molecule has 80 valence electrons. The van der Waals surface area contributed by atoms with Crippen molar-refractivity contribution in [2.24, 2.45) is 0 Å². The first-order valence-electron chi connectivity index (χ1n) is 4.21. The van der Waals surface area contributed by atoms with Crippen molar-refractivity contribution in [3.63, 3.8) is 0 Å². The molecule has 4 nitrogen and oxygen atoms in total. The van der Waals surface area contributed by atoms with Crippen LogP contribution >= 0.6 is 0 Å². The third kappa shape index (κ3) is 4.13. The summed E-state index contributed by atoms with van der Waals surface area (Å²) in [4.78, 5) is 28.5. The molecule has 0 aliphatic heterocycles. The molecule has 5 heteroatoms. The van der Waals surface area contributed by atoms with Crippen LogP contribution in [-0.2, 0) is 19.1 Å². The molecule has 0 aromatic heterocycles. The predicted octanol–water partition coefficient (Wildman–Crippen LogP) is 1.14. The van der Waals surface area contributed by atoms with Crippen molar-refractivity contribution in [3.05, 3.63) is 9.67 Å². The summed E-state index contributed by atoms with van der Waals surface area (Å²) in [5, 5.41) is 0. The second kappa shape index (κ2) is 5.38. The van der Waals surface area contributed by atoms with Crippen molar-refractivity contribution in [2.45, 2.75) is 14.8 Å². The third-order valence-electron chi connectivity index (χ3n) is 1.68. The molecule has 0 aliphatic rings. The number of ether oxygens (including phenoxy) is 2. The zero-order valence-electron chi connectivity index (χ0n) is 9.21. The van der Waals surface area contributed by atoms with Crippen molar-refractivity contribution in [1.82, 2.24) is 0 Å². The van der Waals surface area contributed by atoms with E-state index in [0.29, 0.717) is 3.59 Å².